The summed E-state index contributed by atoms with van der Waals surface area (Å²) in [6, 6.07) is 13.3. The minimum atomic E-state index is -0.909. The zero-order valence-electron chi connectivity index (χ0n) is 18.6. The lowest BCUT2D eigenvalue weighted by molar-refractivity contribution is -0.150. The van der Waals surface area contributed by atoms with E-state index in [4.69, 9.17) is 9.47 Å². The molecule has 0 spiro atoms. The highest BCUT2D eigenvalue weighted by Gasteiger charge is 2.27. The lowest BCUT2D eigenvalue weighted by Crippen LogP contribution is -2.46. The van der Waals surface area contributed by atoms with Gasteiger partial charge in [0.2, 0.25) is 0 Å². The van der Waals surface area contributed by atoms with E-state index >= 15 is 0 Å². The van der Waals surface area contributed by atoms with Gasteiger partial charge in [0.15, 0.2) is 6.61 Å². The molecule has 7 heteroatoms. The first-order chi connectivity index (χ1) is 14.7. The van der Waals surface area contributed by atoms with E-state index in [1.807, 2.05) is 32.0 Å². The molecule has 0 heterocycles. The van der Waals surface area contributed by atoms with E-state index in [2.05, 4.69) is 10.6 Å². The van der Waals surface area contributed by atoms with Gasteiger partial charge in [-0.3, -0.25) is 9.59 Å². The van der Waals surface area contributed by atoms with E-state index in [1.54, 1.807) is 44.2 Å². The summed E-state index contributed by atoms with van der Waals surface area (Å²) in [5.41, 5.74) is 1.99. The van der Waals surface area contributed by atoms with Crippen LogP contribution in [0.15, 0.2) is 48.5 Å². The van der Waals surface area contributed by atoms with Crippen LogP contribution in [0.1, 0.15) is 49.5 Å². The predicted octanol–water partition coefficient (Wildman–Crippen LogP) is 3.75. The van der Waals surface area contributed by atoms with Gasteiger partial charge in [0.25, 0.3) is 11.8 Å². The summed E-state index contributed by atoms with van der Waals surface area (Å²) in [5.74, 6) is -1.18. The van der Waals surface area contributed by atoms with Crippen LogP contribution in [0.4, 0.5) is 5.69 Å². The molecule has 2 N–H and O–H groups in total. The number of para-hydroxylation sites is 2. The molecule has 166 valence electrons. The highest BCUT2D eigenvalue weighted by atomic mass is 16.5. The Morgan fingerprint density at radius 1 is 0.935 bits per heavy atom. The first-order valence-corrected chi connectivity index (χ1v) is 10.2. The molecule has 2 aromatic carbocycles. The molecule has 0 fully saturated rings. The molecule has 0 saturated heterocycles. The molecule has 0 aromatic heterocycles. The van der Waals surface area contributed by atoms with Gasteiger partial charge in [0, 0.05) is 5.69 Å². The van der Waals surface area contributed by atoms with Gasteiger partial charge in [-0.05, 0) is 35.6 Å². The predicted molar refractivity (Wildman–Crippen MR) is 119 cm³/mol. The lowest BCUT2D eigenvalue weighted by Gasteiger charge is -2.21. The minimum absolute atomic E-state index is 0.231. The number of nitrogens with one attached hydrogen (secondary N) is 2. The first-order valence-electron chi connectivity index (χ1n) is 10.2. The Morgan fingerprint density at radius 3 is 2.23 bits per heavy atom. The van der Waals surface area contributed by atoms with Crippen molar-refractivity contribution in [2.75, 3.05) is 19.0 Å². The second-order valence-corrected chi connectivity index (χ2v) is 7.79. The van der Waals surface area contributed by atoms with Crippen molar-refractivity contribution in [2.24, 2.45) is 5.92 Å². The Balaban J connectivity index is 2.00. The Labute approximate surface area is 183 Å². The van der Waals surface area contributed by atoms with E-state index in [9.17, 15) is 14.4 Å². The second kappa shape index (κ2) is 11.2. The number of carbonyl (C=O) groups excluding carboxylic acids is 3. The Morgan fingerprint density at radius 2 is 1.58 bits per heavy atom. The number of methoxy groups -OCH3 is 1. The fourth-order valence-electron chi connectivity index (χ4n) is 3.08. The zero-order chi connectivity index (χ0) is 23.0. The molecular formula is C24H30N2O5. The third-order valence-corrected chi connectivity index (χ3v) is 4.76. The smallest absolute Gasteiger partial charge is 0.329 e. The average Bonchev–Trinajstić information content (AvgIpc) is 2.75. The van der Waals surface area contributed by atoms with Crippen LogP contribution in [-0.2, 0) is 14.3 Å². The van der Waals surface area contributed by atoms with Gasteiger partial charge in [-0.25, -0.2) is 4.79 Å². The molecule has 0 aliphatic carbocycles. The van der Waals surface area contributed by atoms with E-state index in [0.717, 1.165) is 5.56 Å². The highest BCUT2D eigenvalue weighted by Crippen LogP contribution is 2.23. The summed E-state index contributed by atoms with van der Waals surface area (Å²) in [6.45, 7) is 7.19. The summed E-state index contributed by atoms with van der Waals surface area (Å²) in [5, 5.41) is 5.46. The van der Waals surface area contributed by atoms with Crippen LogP contribution in [0.3, 0.4) is 0 Å². The van der Waals surface area contributed by atoms with Crippen LogP contribution in [0.2, 0.25) is 0 Å². The van der Waals surface area contributed by atoms with Crippen molar-refractivity contribution in [3.63, 3.8) is 0 Å². The Kier molecular flexibility index (Phi) is 8.61. The fourth-order valence-corrected chi connectivity index (χ4v) is 3.08. The second-order valence-electron chi connectivity index (χ2n) is 7.79. The molecule has 2 aromatic rings. The van der Waals surface area contributed by atoms with Gasteiger partial charge in [0.05, 0.1) is 12.7 Å². The summed E-state index contributed by atoms with van der Waals surface area (Å²) >= 11 is 0. The monoisotopic (exact) mass is 426 g/mol. The molecule has 2 rings (SSSR count). The van der Waals surface area contributed by atoms with E-state index in [0.29, 0.717) is 17.0 Å². The van der Waals surface area contributed by atoms with Gasteiger partial charge >= 0.3 is 5.97 Å². The number of hydrogen-bond donors (Lipinski definition) is 2. The van der Waals surface area contributed by atoms with Crippen LogP contribution < -0.4 is 15.4 Å². The molecule has 1 atom stereocenters. The molecule has 0 saturated carbocycles. The summed E-state index contributed by atoms with van der Waals surface area (Å²) in [6.07, 6.45) is 0. The SMILES string of the molecule is COc1ccccc1C(=O)N[C@H](C(=O)OCC(=O)Nc1ccccc1C(C)C)C(C)C. The number of amides is 2. The maximum Gasteiger partial charge on any atom is 0.329 e. The Bertz CT molecular complexity index is 924. The standard InChI is InChI=1S/C24H30N2O5/c1-15(2)17-10-6-8-12-19(17)25-21(27)14-31-24(29)22(16(3)4)26-23(28)18-11-7-9-13-20(18)30-5/h6-13,15-16,22H,14H2,1-5H3,(H,25,27)(H,26,28)/t22-/m0/s1. The molecule has 2 amide bonds. The van der Waals surface area contributed by atoms with E-state index in [1.165, 1.54) is 7.11 Å². The van der Waals surface area contributed by atoms with Crippen LogP contribution in [-0.4, -0.2) is 37.5 Å². The summed E-state index contributed by atoms with van der Waals surface area (Å²) in [4.78, 5) is 37.6. The largest absolute Gasteiger partial charge is 0.496 e. The minimum Gasteiger partial charge on any atom is -0.496 e. The third kappa shape index (κ3) is 6.57. The Hall–Kier alpha value is -3.35. The van der Waals surface area contributed by atoms with Crippen molar-refractivity contribution in [3.05, 3.63) is 59.7 Å². The quantitative estimate of drug-likeness (QED) is 0.596. The number of esters is 1. The van der Waals surface area contributed by atoms with E-state index in [-0.39, 0.29) is 11.8 Å². The molecule has 31 heavy (non-hydrogen) atoms. The number of rotatable bonds is 9. The van der Waals surface area contributed by atoms with Crippen LogP contribution >= 0.6 is 0 Å². The molecule has 0 aliphatic rings. The van der Waals surface area contributed by atoms with Crippen LogP contribution in [0.5, 0.6) is 5.75 Å². The third-order valence-electron chi connectivity index (χ3n) is 4.76. The lowest BCUT2D eigenvalue weighted by atomic mass is 10.0. The van der Waals surface area contributed by atoms with Gasteiger partial charge in [0.1, 0.15) is 11.8 Å². The maximum atomic E-state index is 12.6. The van der Waals surface area contributed by atoms with Crippen molar-refractivity contribution in [1.82, 2.24) is 5.32 Å². The maximum absolute atomic E-state index is 12.6. The topological polar surface area (TPSA) is 93.7 Å². The molecule has 0 bridgehead atoms. The van der Waals surface area contributed by atoms with Crippen molar-refractivity contribution in [1.29, 1.82) is 0 Å². The molecule has 0 aliphatic heterocycles. The normalized spacial score (nSPS) is 11.7. The van der Waals surface area contributed by atoms with Gasteiger partial charge in [-0.15, -0.1) is 0 Å². The summed E-state index contributed by atoms with van der Waals surface area (Å²) < 4.78 is 10.4. The molecule has 0 unspecified atom stereocenters. The molecule has 0 radical (unpaired) electrons. The number of benzene rings is 2. The van der Waals surface area contributed by atoms with Crippen molar-refractivity contribution in [2.45, 2.75) is 39.7 Å². The first kappa shape index (κ1) is 23.9. The zero-order valence-corrected chi connectivity index (χ0v) is 18.6. The van der Waals surface area contributed by atoms with Gasteiger partial charge < -0.3 is 20.1 Å². The van der Waals surface area contributed by atoms with Crippen LogP contribution in [0.25, 0.3) is 0 Å². The van der Waals surface area contributed by atoms with Crippen molar-refractivity contribution in [3.8, 4) is 5.75 Å². The average molecular weight is 427 g/mol. The number of anilines is 1. The molecular weight excluding hydrogens is 396 g/mol. The molecule has 7 nitrogen and oxygen atoms in total. The number of carbonyl (C=O) groups is 3. The van der Waals surface area contributed by atoms with Crippen LogP contribution in [0, 0.1) is 5.92 Å². The number of ether oxygens (including phenoxy) is 2. The number of hydrogen-bond acceptors (Lipinski definition) is 5. The summed E-state index contributed by atoms with van der Waals surface area (Å²) in [7, 11) is 1.47. The van der Waals surface area contributed by atoms with Gasteiger partial charge in [-0.2, -0.15) is 0 Å². The van der Waals surface area contributed by atoms with E-state index < -0.39 is 30.4 Å². The highest BCUT2D eigenvalue weighted by molar-refractivity contribution is 5.99. The fraction of sp³-hybridized carbons (Fsp3) is 0.375. The van der Waals surface area contributed by atoms with Crippen molar-refractivity contribution >= 4 is 23.5 Å². The van der Waals surface area contributed by atoms with Gasteiger partial charge in [-0.1, -0.05) is 58.0 Å². The van der Waals surface area contributed by atoms with Crippen molar-refractivity contribution < 1.29 is 23.9 Å².